The number of alkyl halides is 3. The van der Waals surface area contributed by atoms with Gasteiger partial charge in [0.1, 0.15) is 5.75 Å². The number of benzene rings is 1. The fraction of sp³-hybridized carbons (Fsp3) is 0.680. The zero-order chi connectivity index (χ0) is 24.3. The minimum absolute atomic E-state index is 0.0918. The summed E-state index contributed by atoms with van der Waals surface area (Å²) in [5.41, 5.74) is -3.27. The van der Waals surface area contributed by atoms with E-state index >= 15 is 0 Å². The van der Waals surface area contributed by atoms with Gasteiger partial charge in [0.2, 0.25) is 0 Å². The molecule has 0 aliphatic carbocycles. The molecule has 1 aromatic carbocycles. The quantitative estimate of drug-likeness (QED) is 0.289. The van der Waals surface area contributed by atoms with Crippen LogP contribution in [0.5, 0.6) is 5.75 Å². The van der Waals surface area contributed by atoms with E-state index in [0.717, 1.165) is 19.3 Å². The number of hydrazone groups is 1. The third-order valence-corrected chi connectivity index (χ3v) is 6.12. The van der Waals surface area contributed by atoms with Gasteiger partial charge in [-0.05, 0) is 37.1 Å². The summed E-state index contributed by atoms with van der Waals surface area (Å²) in [5, 5.41) is 23.7. The van der Waals surface area contributed by atoms with E-state index in [-0.39, 0.29) is 22.0 Å². The molecule has 1 aromatic rings. The van der Waals surface area contributed by atoms with Crippen LogP contribution in [-0.4, -0.2) is 38.7 Å². The van der Waals surface area contributed by atoms with Crippen molar-refractivity contribution < 1.29 is 28.2 Å². The lowest BCUT2D eigenvalue weighted by Crippen LogP contribution is -2.56. The number of aliphatic hydroxyl groups is 1. The topological polar surface area (TPSA) is 73.1 Å². The first-order chi connectivity index (χ1) is 15.7. The second kappa shape index (κ2) is 13.0. The highest BCUT2D eigenvalue weighted by Crippen LogP contribution is 2.41. The second-order valence-corrected chi connectivity index (χ2v) is 8.96. The van der Waals surface area contributed by atoms with E-state index in [2.05, 4.69) is 12.0 Å². The van der Waals surface area contributed by atoms with Crippen molar-refractivity contribution in [2.45, 2.75) is 109 Å². The number of hydrogen-bond acceptors (Lipinski definition) is 4. The van der Waals surface area contributed by atoms with Crippen molar-refractivity contribution in [1.82, 2.24) is 5.01 Å². The summed E-state index contributed by atoms with van der Waals surface area (Å²) in [4.78, 5) is 12.6. The molecule has 186 valence electrons. The van der Waals surface area contributed by atoms with Crippen molar-refractivity contribution in [1.29, 1.82) is 0 Å². The first-order valence-electron chi connectivity index (χ1n) is 12.2. The molecule has 0 spiro atoms. The highest BCUT2D eigenvalue weighted by molar-refractivity contribution is 5.98. The van der Waals surface area contributed by atoms with Crippen molar-refractivity contribution in [3.05, 3.63) is 29.8 Å². The first-order valence-corrected chi connectivity index (χ1v) is 12.2. The minimum Gasteiger partial charge on any atom is -0.508 e. The summed E-state index contributed by atoms with van der Waals surface area (Å²) in [5.74, 6) is -1.17. The normalized spacial score (nSPS) is 18.6. The highest BCUT2D eigenvalue weighted by Gasteiger charge is 2.63. The number of hydrogen-bond donors (Lipinski definition) is 2. The summed E-state index contributed by atoms with van der Waals surface area (Å²) >= 11 is 0. The average molecular weight is 471 g/mol. The fourth-order valence-corrected chi connectivity index (χ4v) is 4.09. The van der Waals surface area contributed by atoms with Crippen LogP contribution >= 0.6 is 0 Å². The van der Waals surface area contributed by atoms with Crippen molar-refractivity contribution in [2.75, 3.05) is 0 Å². The molecule has 0 aromatic heterocycles. The van der Waals surface area contributed by atoms with E-state index in [0.29, 0.717) is 12.8 Å². The Balaban J connectivity index is 1.78. The van der Waals surface area contributed by atoms with Gasteiger partial charge in [0, 0.05) is 17.7 Å². The second-order valence-electron chi connectivity index (χ2n) is 8.96. The Morgan fingerprint density at radius 2 is 1.42 bits per heavy atom. The zero-order valence-electron chi connectivity index (χ0n) is 19.5. The summed E-state index contributed by atoms with van der Waals surface area (Å²) in [6.07, 6.45) is 8.39. The smallest absolute Gasteiger partial charge is 0.438 e. The van der Waals surface area contributed by atoms with Crippen LogP contribution in [0.15, 0.2) is 29.4 Å². The Morgan fingerprint density at radius 3 is 1.91 bits per heavy atom. The fourth-order valence-electron chi connectivity index (χ4n) is 4.09. The molecule has 1 atom stereocenters. The molecule has 0 fully saturated rings. The van der Waals surface area contributed by atoms with Gasteiger partial charge in [0.25, 0.3) is 11.6 Å². The van der Waals surface area contributed by atoms with E-state index < -0.39 is 24.2 Å². The minimum atomic E-state index is -5.04. The number of amides is 1. The van der Waals surface area contributed by atoms with E-state index in [1.807, 2.05) is 0 Å². The maximum absolute atomic E-state index is 13.6. The average Bonchev–Trinajstić information content (AvgIpc) is 3.12. The van der Waals surface area contributed by atoms with Crippen LogP contribution in [0.2, 0.25) is 0 Å². The molecule has 2 rings (SSSR count). The number of nitrogens with zero attached hydrogens (tertiary/aromatic N) is 2. The molecule has 0 radical (unpaired) electrons. The molecular formula is C25H37F3N2O3. The van der Waals surface area contributed by atoms with Gasteiger partial charge in [0.05, 0.1) is 0 Å². The molecule has 8 heteroatoms. The van der Waals surface area contributed by atoms with Crippen LogP contribution in [0.3, 0.4) is 0 Å². The van der Waals surface area contributed by atoms with E-state index in [1.165, 1.54) is 75.6 Å². The largest absolute Gasteiger partial charge is 0.508 e. The first kappa shape index (κ1) is 27.2. The third kappa shape index (κ3) is 8.02. The van der Waals surface area contributed by atoms with Gasteiger partial charge in [0.15, 0.2) is 0 Å². The summed E-state index contributed by atoms with van der Waals surface area (Å²) in [7, 11) is 0. The summed E-state index contributed by atoms with van der Waals surface area (Å²) in [6.45, 7) is 2.21. The number of phenolic OH excluding ortho intramolecular Hbond substituents is 1. The maximum atomic E-state index is 13.6. The Hall–Kier alpha value is -2.09. The highest BCUT2D eigenvalue weighted by atomic mass is 19.4. The van der Waals surface area contributed by atoms with E-state index in [4.69, 9.17) is 0 Å². The predicted molar refractivity (Wildman–Crippen MR) is 123 cm³/mol. The number of carbonyl (C=O) groups excluding carboxylic acids is 1. The van der Waals surface area contributed by atoms with Crippen molar-refractivity contribution >= 4 is 11.6 Å². The molecular weight excluding hydrogens is 433 g/mol. The number of rotatable bonds is 14. The lowest BCUT2D eigenvalue weighted by atomic mass is 10.0. The van der Waals surface area contributed by atoms with Crippen molar-refractivity contribution in [2.24, 2.45) is 5.10 Å². The van der Waals surface area contributed by atoms with Crippen LogP contribution in [0.25, 0.3) is 0 Å². The predicted octanol–water partition coefficient (Wildman–Crippen LogP) is 6.94. The van der Waals surface area contributed by atoms with Crippen LogP contribution in [-0.2, 0) is 0 Å². The SMILES string of the molecule is CCCCCCCCCCCCCCC1=NN(C(=O)c2ccc(O)cc2)[C@](O)(C(F)(F)F)C1. The van der Waals surface area contributed by atoms with Crippen LogP contribution in [0.1, 0.15) is 107 Å². The molecule has 1 aliphatic heterocycles. The molecule has 0 saturated heterocycles. The lowest BCUT2D eigenvalue weighted by Gasteiger charge is -2.32. The Bertz CT molecular complexity index is 765. The molecule has 2 N–H and O–H groups in total. The maximum Gasteiger partial charge on any atom is 0.438 e. The van der Waals surface area contributed by atoms with Gasteiger partial charge in [-0.1, -0.05) is 77.6 Å². The molecule has 0 unspecified atom stereocenters. The lowest BCUT2D eigenvalue weighted by molar-refractivity contribution is -0.297. The van der Waals surface area contributed by atoms with Gasteiger partial charge in [-0.15, -0.1) is 0 Å². The van der Waals surface area contributed by atoms with Gasteiger partial charge in [-0.2, -0.15) is 23.3 Å². The van der Waals surface area contributed by atoms with E-state index in [1.54, 1.807) is 0 Å². The van der Waals surface area contributed by atoms with Gasteiger partial charge in [-0.3, -0.25) is 4.79 Å². The standard InChI is InChI=1S/C25H37F3N2O3/c1-2-3-4-5-6-7-8-9-10-11-12-13-14-21-19-24(33,25(26,27)28)30(29-21)23(32)20-15-17-22(31)18-16-20/h15-18,31,33H,2-14,19H2,1H3/t24-/m1/s1. The van der Waals surface area contributed by atoms with Gasteiger partial charge < -0.3 is 10.2 Å². The number of halogens is 3. The van der Waals surface area contributed by atoms with Crippen LogP contribution in [0, 0.1) is 0 Å². The number of carbonyl (C=O) groups is 1. The van der Waals surface area contributed by atoms with Crippen LogP contribution < -0.4 is 0 Å². The Kier molecular flexibility index (Phi) is 10.7. The van der Waals surface area contributed by atoms with Gasteiger partial charge >= 0.3 is 6.18 Å². The number of phenols is 1. The molecule has 0 saturated carbocycles. The number of unbranched alkanes of at least 4 members (excludes halogenated alkanes) is 11. The Labute approximate surface area is 194 Å². The molecule has 1 heterocycles. The molecule has 1 aliphatic rings. The molecule has 0 bridgehead atoms. The third-order valence-electron chi connectivity index (χ3n) is 6.12. The van der Waals surface area contributed by atoms with Crippen molar-refractivity contribution in [3.8, 4) is 5.75 Å². The van der Waals surface area contributed by atoms with Crippen molar-refractivity contribution in [3.63, 3.8) is 0 Å². The van der Waals surface area contributed by atoms with E-state index in [9.17, 15) is 28.2 Å². The molecule has 33 heavy (non-hydrogen) atoms. The Morgan fingerprint density at radius 1 is 0.939 bits per heavy atom. The zero-order valence-corrected chi connectivity index (χ0v) is 19.5. The molecule has 1 amide bonds. The number of aromatic hydroxyl groups is 1. The summed E-state index contributed by atoms with van der Waals surface area (Å²) < 4.78 is 40.9. The monoisotopic (exact) mass is 470 g/mol. The summed E-state index contributed by atoms with van der Waals surface area (Å²) in [6, 6.07) is 4.81. The van der Waals surface area contributed by atoms with Gasteiger partial charge in [-0.25, -0.2) is 0 Å². The van der Waals surface area contributed by atoms with Crippen LogP contribution in [0.4, 0.5) is 13.2 Å². The molecule has 5 nitrogen and oxygen atoms in total.